The molecule has 0 atom stereocenters. The summed E-state index contributed by atoms with van der Waals surface area (Å²) < 4.78 is 5.32. The molecule has 2 nitrogen and oxygen atoms in total. The van der Waals surface area contributed by atoms with Gasteiger partial charge in [-0.25, -0.2) is 0 Å². The minimum atomic E-state index is -0.0591. The van der Waals surface area contributed by atoms with Crippen LogP contribution in [0.2, 0.25) is 0 Å². The lowest BCUT2D eigenvalue weighted by Gasteiger charge is -2.02. The minimum Gasteiger partial charge on any atom is -0.458 e. The normalized spacial score (nSPS) is 10.4. The van der Waals surface area contributed by atoms with Crippen molar-refractivity contribution in [2.45, 2.75) is 20.8 Å². The summed E-state index contributed by atoms with van der Waals surface area (Å²) in [5, 5.41) is 0. The highest BCUT2D eigenvalue weighted by Crippen LogP contribution is 2.16. The molecular formula is C14H14O2. The van der Waals surface area contributed by atoms with E-state index in [9.17, 15) is 4.79 Å². The van der Waals surface area contributed by atoms with Crippen LogP contribution in [0.25, 0.3) is 0 Å². The van der Waals surface area contributed by atoms with E-state index in [0.717, 1.165) is 11.3 Å². The van der Waals surface area contributed by atoms with Gasteiger partial charge in [-0.1, -0.05) is 12.1 Å². The van der Waals surface area contributed by atoms with Crippen LogP contribution in [0, 0.1) is 20.8 Å². The van der Waals surface area contributed by atoms with Crippen molar-refractivity contribution < 1.29 is 9.21 Å². The van der Waals surface area contributed by atoms with E-state index < -0.39 is 0 Å². The Hall–Kier alpha value is -1.83. The molecule has 1 aromatic carbocycles. The SMILES string of the molecule is Cc1ccc(C(=O)c2ccc(C)c(C)c2)o1. The third-order valence-electron chi connectivity index (χ3n) is 2.73. The number of carbonyl (C=O) groups is 1. The molecule has 0 amide bonds. The Morgan fingerprint density at radius 3 is 2.31 bits per heavy atom. The van der Waals surface area contributed by atoms with Crippen molar-refractivity contribution in [3.05, 3.63) is 58.5 Å². The number of carbonyl (C=O) groups excluding carboxylic acids is 1. The maximum atomic E-state index is 12.0. The standard InChI is InChI=1S/C14H14O2/c1-9-4-6-12(8-10(9)2)14(15)13-7-5-11(3)16-13/h4-8H,1-3H3. The van der Waals surface area contributed by atoms with Crippen molar-refractivity contribution in [2.24, 2.45) is 0 Å². The molecule has 1 heterocycles. The number of benzene rings is 1. The van der Waals surface area contributed by atoms with Gasteiger partial charge in [-0.15, -0.1) is 0 Å². The van der Waals surface area contributed by atoms with Crippen LogP contribution >= 0.6 is 0 Å². The molecule has 1 aromatic heterocycles. The molecule has 0 fully saturated rings. The molecule has 0 saturated carbocycles. The van der Waals surface area contributed by atoms with Crippen molar-refractivity contribution >= 4 is 5.78 Å². The second-order valence-electron chi connectivity index (χ2n) is 4.04. The summed E-state index contributed by atoms with van der Waals surface area (Å²) in [5.41, 5.74) is 2.98. The molecule has 0 aliphatic carbocycles. The summed E-state index contributed by atoms with van der Waals surface area (Å²) in [5.74, 6) is 1.10. The molecule has 0 radical (unpaired) electrons. The molecule has 2 heteroatoms. The van der Waals surface area contributed by atoms with Gasteiger partial charge in [0.2, 0.25) is 5.78 Å². The Kier molecular flexibility index (Phi) is 2.65. The molecule has 0 unspecified atom stereocenters. The monoisotopic (exact) mass is 214 g/mol. The molecule has 0 bridgehead atoms. The van der Waals surface area contributed by atoms with E-state index in [1.54, 1.807) is 12.1 Å². The number of hydrogen-bond donors (Lipinski definition) is 0. The van der Waals surface area contributed by atoms with Gasteiger partial charge in [-0.05, 0) is 50.1 Å². The quantitative estimate of drug-likeness (QED) is 0.717. The molecule has 2 aromatic rings. The van der Waals surface area contributed by atoms with Gasteiger partial charge in [-0.3, -0.25) is 4.79 Å². The van der Waals surface area contributed by atoms with Crippen LogP contribution < -0.4 is 0 Å². The Morgan fingerprint density at radius 1 is 1.00 bits per heavy atom. The van der Waals surface area contributed by atoms with Gasteiger partial charge in [0, 0.05) is 5.56 Å². The lowest BCUT2D eigenvalue weighted by molar-refractivity contribution is 0.101. The van der Waals surface area contributed by atoms with Crippen molar-refractivity contribution in [2.75, 3.05) is 0 Å². The second kappa shape index (κ2) is 3.97. The average molecular weight is 214 g/mol. The number of furan rings is 1. The Bertz CT molecular complexity index is 535. The van der Waals surface area contributed by atoms with E-state index in [2.05, 4.69) is 0 Å². The van der Waals surface area contributed by atoms with Crippen molar-refractivity contribution in [1.82, 2.24) is 0 Å². The maximum Gasteiger partial charge on any atom is 0.228 e. The first-order valence-electron chi connectivity index (χ1n) is 5.26. The summed E-state index contributed by atoms with van der Waals surface area (Å²) >= 11 is 0. The van der Waals surface area contributed by atoms with E-state index in [4.69, 9.17) is 4.42 Å². The van der Waals surface area contributed by atoms with Gasteiger partial charge in [-0.2, -0.15) is 0 Å². The van der Waals surface area contributed by atoms with E-state index in [-0.39, 0.29) is 5.78 Å². The van der Waals surface area contributed by atoms with Crippen LogP contribution in [-0.2, 0) is 0 Å². The smallest absolute Gasteiger partial charge is 0.228 e. The molecule has 0 N–H and O–H groups in total. The number of ketones is 1. The molecule has 2 rings (SSSR count). The highest BCUT2D eigenvalue weighted by atomic mass is 16.3. The minimum absolute atomic E-state index is 0.0591. The zero-order chi connectivity index (χ0) is 11.7. The molecule has 0 aliphatic rings. The molecule has 0 saturated heterocycles. The predicted octanol–water partition coefficient (Wildman–Crippen LogP) is 3.44. The van der Waals surface area contributed by atoms with E-state index in [0.29, 0.717) is 11.3 Å². The Balaban J connectivity index is 2.38. The zero-order valence-corrected chi connectivity index (χ0v) is 9.70. The third kappa shape index (κ3) is 1.91. The molecular weight excluding hydrogens is 200 g/mol. The maximum absolute atomic E-state index is 12.0. The number of aryl methyl sites for hydroxylation is 3. The fraction of sp³-hybridized carbons (Fsp3) is 0.214. The van der Waals surface area contributed by atoms with Gasteiger partial charge in [0.1, 0.15) is 5.76 Å². The highest BCUT2D eigenvalue weighted by molar-refractivity contribution is 6.07. The largest absolute Gasteiger partial charge is 0.458 e. The van der Waals surface area contributed by atoms with Crippen LogP contribution in [-0.4, -0.2) is 5.78 Å². The predicted molar refractivity (Wildman–Crippen MR) is 62.8 cm³/mol. The van der Waals surface area contributed by atoms with Gasteiger partial charge in [0.05, 0.1) is 0 Å². The van der Waals surface area contributed by atoms with E-state index >= 15 is 0 Å². The van der Waals surface area contributed by atoms with E-state index in [1.165, 1.54) is 5.56 Å². The lowest BCUT2D eigenvalue weighted by atomic mass is 10.0. The summed E-state index contributed by atoms with van der Waals surface area (Å²) in [6.45, 7) is 5.86. The van der Waals surface area contributed by atoms with Crippen LogP contribution in [0.1, 0.15) is 33.0 Å². The van der Waals surface area contributed by atoms with E-state index in [1.807, 2.05) is 39.0 Å². The Morgan fingerprint density at radius 2 is 1.75 bits per heavy atom. The topological polar surface area (TPSA) is 30.2 Å². The highest BCUT2D eigenvalue weighted by Gasteiger charge is 2.13. The Labute approximate surface area is 94.9 Å². The van der Waals surface area contributed by atoms with Gasteiger partial charge >= 0.3 is 0 Å². The first kappa shape index (κ1) is 10.7. The fourth-order valence-corrected chi connectivity index (χ4v) is 1.58. The molecule has 0 spiro atoms. The first-order valence-corrected chi connectivity index (χ1v) is 5.26. The van der Waals surface area contributed by atoms with Gasteiger partial charge < -0.3 is 4.42 Å². The van der Waals surface area contributed by atoms with Crippen LogP contribution in [0.15, 0.2) is 34.7 Å². The average Bonchev–Trinajstić information content (AvgIpc) is 2.68. The number of hydrogen-bond acceptors (Lipinski definition) is 2. The van der Waals surface area contributed by atoms with Gasteiger partial charge in [0.15, 0.2) is 5.76 Å². The van der Waals surface area contributed by atoms with Crippen LogP contribution in [0.3, 0.4) is 0 Å². The molecule has 0 aliphatic heterocycles. The first-order chi connectivity index (χ1) is 7.58. The van der Waals surface area contributed by atoms with Crippen molar-refractivity contribution in [1.29, 1.82) is 0 Å². The summed E-state index contributed by atoms with van der Waals surface area (Å²) in [6, 6.07) is 9.21. The zero-order valence-electron chi connectivity index (χ0n) is 9.70. The summed E-state index contributed by atoms with van der Waals surface area (Å²) in [6.07, 6.45) is 0. The second-order valence-corrected chi connectivity index (χ2v) is 4.04. The summed E-state index contributed by atoms with van der Waals surface area (Å²) in [7, 11) is 0. The van der Waals surface area contributed by atoms with Crippen molar-refractivity contribution in [3.8, 4) is 0 Å². The van der Waals surface area contributed by atoms with Crippen LogP contribution in [0.5, 0.6) is 0 Å². The summed E-state index contributed by atoms with van der Waals surface area (Å²) in [4.78, 5) is 12.0. The molecule has 82 valence electrons. The third-order valence-corrected chi connectivity index (χ3v) is 2.73. The fourth-order valence-electron chi connectivity index (χ4n) is 1.58. The lowest BCUT2D eigenvalue weighted by Crippen LogP contribution is -2.00. The van der Waals surface area contributed by atoms with Crippen molar-refractivity contribution in [3.63, 3.8) is 0 Å². The van der Waals surface area contributed by atoms with Gasteiger partial charge in [0.25, 0.3) is 0 Å². The number of rotatable bonds is 2. The van der Waals surface area contributed by atoms with Crippen LogP contribution in [0.4, 0.5) is 0 Å². The molecule has 16 heavy (non-hydrogen) atoms.